The molecule has 2 rings (SSSR count). The lowest BCUT2D eigenvalue weighted by molar-refractivity contribution is -0.127. The maximum absolute atomic E-state index is 13.5. The van der Waals surface area contributed by atoms with Gasteiger partial charge in [0.2, 0.25) is 0 Å². The molecule has 0 heterocycles. The zero-order valence-electron chi connectivity index (χ0n) is 12.7. The van der Waals surface area contributed by atoms with Gasteiger partial charge in [-0.05, 0) is 55.5 Å². The van der Waals surface area contributed by atoms with Gasteiger partial charge in [-0.25, -0.2) is 8.78 Å². The van der Waals surface area contributed by atoms with E-state index < -0.39 is 17.8 Å². The number of carbonyl (C=O) groups is 1. The van der Waals surface area contributed by atoms with Crippen LogP contribution < -0.4 is 20.9 Å². The lowest BCUT2D eigenvalue weighted by Gasteiger charge is -2.16. The van der Waals surface area contributed by atoms with E-state index in [-0.39, 0.29) is 16.7 Å². The van der Waals surface area contributed by atoms with E-state index in [0.29, 0.717) is 5.69 Å². The Morgan fingerprint density at radius 1 is 1.08 bits per heavy atom. The van der Waals surface area contributed by atoms with Gasteiger partial charge in [-0.1, -0.05) is 12.1 Å². The standard InChI is InChI=1S/C16H15F2N3O2S/c1-10(23-14-5-3-2-4-13(14)18)15(22)20-21-16(24)19-12-8-6-11(17)7-9-12/h2-10H,1H3,(H,20,22)(H2,19,21,24)/t10-/m1/s1. The second-order valence-corrected chi connectivity index (χ2v) is 5.17. The molecule has 1 amide bonds. The van der Waals surface area contributed by atoms with Crippen molar-refractivity contribution >= 4 is 28.9 Å². The number of anilines is 1. The number of para-hydroxylation sites is 1. The molecule has 3 N–H and O–H groups in total. The molecule has 126 valence electrons. The number of carbonyl (C=O) groups excluding carboxylic acids is 1. The molecule has 0 aliphatic rings. The predicted octanol–water partition coefficient (Wildman–Crippen LogP) is 2.75. The molecular weight excluding hydrogens is 336 g/mol. The molecule has 2 aromatic carbocycles. The van der Waals surface area contributed by atoms with Gasteiger partial charge in [0.15, 0.2) is 22.8 Å². The van der Waals surface area contributed by atoms with Crippen LogP contribution in [0, 0.1) is 11.6 Å². The van der Waals surface area contributed by atoms with Crippen molar-refractivity contribution in [3.63, 3.8) is 0 Å². The van der Waals surface area contributed by atoms with Crippen molar-refractivity contribution in [2.75, 3.05) is 5.32 Å². The fraction of sp³-hybridized carbons (Fsp3) is 0.125. The van der Waals surface area contributed by atoms with E-state index in [1.54, 1.807) is 6.07 Å². The number of hydrazine groups is 1. The van der Waals surface area contributed by atoms with Crippen molar-refractivity contribution in [2.24, 2.45) is 0 Å². The fourth-order valence-corrected chi connectivity index (χ4v) is 1.87. The molecule has 0 saturated carbocycles. The zero-order valence-corrected chi connectivity index (χ0v) is 13.5. The Bertz CT molecular complexity index is 726. The summed E-state index contributed by atoms with van der Waals surface area (Å²) in [6.07, 6.45) is -0.942. The van der Waals surface area contributed by atoms with Gasteiger partial charge >= 0.3 is 0 Å². The minimum Gasteiger partial charge on any atom is -0.478 e. The predicted molar refractivity (Wildman–Crippen MR) is 90.4 cm³/mol. The van der Waals surface area contributed by atoms with Crippen molar-refractivity contribution in [1.82, 2.24) is 10.9 Å². The van der Waals surface area contributed by atoms with Gasteiger partial charge in [-0.3, -0.25) is 15.6 Å². The molecular formula is C16H15F2N3O2S. The van der Waals surface area contributed by atoms with Crippen molar-refractivity contribution in [2.45, 2.75) is 13.0 Å². The number of hydrogen-bond donors (Lipinski definition) is 3. The first-order chi connectivity index (χ1) is 11.5. The Hall–Kier alpha value is -2.74. The van der Waals surface area contributed by atoms with Gasteiger partial charge in [-0.15, -0.1) is 0 Å². The SMILES string of the molecule is C[C@@H](Oc1ccccc1F)C(=O)NNC(=S)Nc1ccc(F)cc1. The van der Waals surface area contributed by atoms with Crippen LogP contribution in [0.4, 0.5) is 14.5 Å². The van der Waals surface area contributed by atoms with Gasteiger partial charge < -0.3 is 10.1 Å². The van der Waals surface area contributed by atoms with Gasteiger partial charge in [0, 0.05) is 5.69 Å². The van der Waals surface area contributed by atoms with Gasteiger partial charge in [0.05, 0.1) is 0 Å². The fourth-order valence-electron chi connectivity index (χ4n) is 1.70. The van der Waals surface area contributed by atoms with Crippen LogP contribution >= 0.6 is 12.2 Å². The zero-order chi connectivity index (χ0) is 17.5. The maximum atomic E-state index is 13.5. The van der Waals surface area contributed by atoms with E-state index >= 15 is 0 Å². The highest BCUT2D eigenvalue weighted by atomic mass is 32.1. The van der Waals surface area contributed by atoms with E-state index in [2.05, 4.69) is 16.2 Å². The van der Waals surface area contributed by atoms with Crippen LogP contribution in [0.2, 0.25) is 0 Å². The van der Waals surface area contributed by atoms with E-state index in [1.807, 2.05) is 0 Å². The van der Waals surface area contributed by atoms with E-state index in [9.17, 15) is 13.6 Å². The summed E-state index contributed by atoms with van der Waals surface area (Å²) in [5.41, 5.74) is 5.37. The molecule has 0 aliphatic carbocycles. The summed E-state index contributed by atoms with van der Waals surface area (Å²) >= 11 is 4.99. The van der Waals surface area contributed by atoms with Gasteiger partial charge in [0.25, 0.3) is 5.91 Å². The van der Waals surface area contributed by atoms with Crippen LogP contribution in [0.5, 0.6) is 5.75 Å². The number of benzene rings is 2. The van der Waals surface area contributed by atoms with E-state index in [0.717, 1.165) is 0 Å². The topological polar surface area (TPSA) is 62.4 Å². The Kier molecular flexibility index (Phi) is 6.02. The normalized spacial score (nSPS) is 11.3. The Balaban J connectivity index is 1.80. The minimum absolute atomic E-state index is 0.0211. The van der Waals surface area contributed by atoms with Crippen LogP contribution in [0.3, 0.4) is 0 Å². The largest absolute Gasteiger partial charge is 0.478 e. The Morgan fingerprint density at radius 2 is 1.75 bits per heavy atom. The second kappa shape index (κ2) is 8.21. The Labute approximate surface area is 143 Å². The first-order valence-corrected chi connectivity index (χ1v) is 7.40. The Morgan fingerprint density at radius 3 is 2.42 bits per heavy atom. The number of hydrogen-bond acceptors (Lipinski definition) is 3. The molecule has 0 radical (unpaired) electrons. The number of thiocarbonyl (C=S) groups is 1. The van der Waals surface area contributed by atoms with Crippen molar-refractivity contribution < 1.29 is 18.3 Å². The number of nitrogens with one attached hydrogen (secondary N) is 3. The average Bonchev–Trinajstić information content (AvgIpc) is 2.56. The molecule has 2 aromatic rings. The number of rotatable bonds is 4. The lowest BCUT2D eigenvalue weighted by Crippen LogP contribution is -2.48. The molecule has 0 bridgehead atoms. The van der Waals surface area contributed by atoms with Crippen molar-refractivity contribution in [3.05, 3.63) is 60.2 Å². The smallest absolute Gasteiger partial charge is 0.279 e. The van der Waals surface area contributed by atoms with Crippen LogP contribution in [0.25, 0.3) is 0 Å². The molecule has 24 heavy (non-hydrogen) atoms. The minimum atomic E-state index is -0.942. The quantitative estimate of drug-likeness (QED) is 0.584. The van der Waals surface area contributed by atoms with Crippen LogP contribution in [-0.2, 0) is 4.79 Å². The number of ether oxygens (including phenoxy) is 1. The highest BCUT2D eigenvalue weighted by Crippen LogP contribution is 2.16. The van der Waals surface area contributed by atoms with Crippen molar-refractivity contribution in [1.29, 1.82) is 0 Å². The van der Waals surface area contributed by atoms with Crippen LogP contribution in [0.15, 0.2) is 48.5 Å². The molecule has 8 heteroatoms. The molecule has 0 spiro atoms. The van der Waals surface area contributed by atoms with Gasteiger partial charge in [-0.2, -0.15) is 0 Å². The summed E-state index contributed by atoms with van der Waals surface area (Å²) in [5, 5.41) is 2.87. The monoisotopic (exact) mass is 351 g/mol. The molecule has 0 fully saturated rings. The highest BCUT2D eigenvalue weighted by molar-refractivity contribution is 7.80. The maximum Gasteiger partial charge on any atom is 0.279 e. The molecule has 1 atom stereocenters. The first kappa shape index (κ1) is 17.6. The summed E-state index contributed by atoms with van der Waals surface area (Å²) in [6, 6.07) is 11.3. The van der Waals surface area contributed by atoms with Gasteiger partial charge in [0.1, 0.15) is 5.82 Å². The third kappa shape index (κ3) is 5.17. The lowest BCUT2D eigenvalue weighted by atomic mass is 10.3. The molecule has 0 aromatic heterocycles. The number of amides is 1. The third-order valence-corrected chi connectivity index (χ3v) is 3.12. The van der Waals surface area contributed by atoms with Crippen LogP contribution in [0.1, 0.15) is 6.92 Å². The van der Waals surface area contributed by atoms with Crippen molar-refractivity contribution in [3.8, 4) is 5.75 Å². The first-order valence-electron chi connectivity index (χ1n) is 6.99. The molecule has 0 saturated heterocycles. The molecule has 5 nitrogen and oxygen atoms in total. The van der Waals surface area contributed by atoms with Crippen LogP contribution in [-0.4, -0.2) is 17.1 Å². The average molecular weight is 351 g/mol. The molecule has 0 aliphatic heterocycles. The number of halogens is 2. The van der Waals surface area contributed by atoms with E-state index in [4.69, 9.17) is 17.0 Å². The summed E-state index contributed by atoms with van der Waals surface area (Å²) in [5.74, 6) is -1.49. The third-order valence-electron chi connectivity index (χ3n) is 2.91. The summed E-state index contributed by atoms with van der Waals surface area (Å²) in [6.45, 7) is 1.47. The second-order valence-electron chi connectivity index (χ2n) is 4.77. The van der Waals surface area contributed by atoms with E-state index in [1.165, 1.54) is 49.4 Å². The summed E-state index contributed by atoms with van der Waals surface area (Å²) in [7, 11) is 0. The molecule has 0 unspecified atom stereocenters. The highest BCUT2D eigenvalue weighted by Gasteiger charge is 2.16. The summed E-state index contributed by atoms with van der Waals surface area (Å²) < 4.78 is 31.5. The summed E-state index contributed by atoms with van der Waals surface area (Å²) in [4.78, 5) is 11.9.